The summed E-state index contributed by atoms with van der Waals surface area (Å²) in [5.74, 6) is 0.328. The highest BCUT2D eigenvalue weighted by Crippen LogP contribution is 2.30. The van der Waals surface area contributed by atoms with E-state index in [1.165, 1.54) is 0 Å². The zero-order valence-electron chi connectivity index (χ0n) is 17.8. The first kappa shape index (κ1) is 20.7. The second-order valence-electron chi connectivity index (χ2n) is 7.49. The predicted molar refractivity (Wildman–Crippen MR) is 132 cm³/mol. The van der Waals surface area contributed by atoms with Gasteiger partial charge in [0.25, 0.3) is 5.91 Å². The van der Waals surface area contributed by atoms with E-state index in [9.17, 15) is 4.79 Å². The molecule has 0 aliphatic heterocycles. The monoisotopic (exact) mass is 453 g/mol. The molecule has 6 nitrogen and oxygen atoms in total. The van der Waals surface area contributed by atoms with E-state index >= 15 is 0 Å². The number of amides is 1. The van der Waals surface area contributed by atoms with Gasteiger partial charge in [-0.25, -0.2) is 4.52 Å². The molecule has 0 radical (unpaired) electrons. The van der Waals surface area contributed by atoms with Gasteiger partial charge in [0, 0.05) is 28.9 Å². The third-order valence-electron chi connectivity index (χ3n) is 5.29. The predicted octanol–water partition coefficient (Wildman–Crippen LogP) is 5.82. The number of aromatic nitrogens is 3. The molecule has 0 bridgehead atoms. The Labute approximate surface area is 195 Å². The highest BCUT2D eigenvalue weighted by atomic mass is 35.5. The zero-order chi connectivity index (χ0) is 22.8. The second kappa shape index (κ2) is 8.76. The fourth-order valence-electron chi connectivity index (χ4n) is 3.69. The summed E-state index contributed by atoms with van der Waals surface area (Å²) in [7, 11) is 1.61. The van der Waals surface area contributed by atoms with Crippen LogP contribution in [0, 0.1) is 0 Å². The molecule has 0 saturated carbocycles. The summed E-state index contributed by atoms with van der Waals surface area (Å²) in [6, 6.07) is 29.1. The quantitative estimate of drug-likeness (QED) is 0.351. The molecule has 1 amide bonds. The Kier molecular flexibility index (Phi) is 5.50. The van der Waals surface area contributed by atoms with Crippen LogP contribution in [0.25, 0.3) is 28.0 Å². The van der Waals surface area contributed by atoms with E-state index in [0.717, 1.165) is 28.1 Å². The first-order chi connectivity index (χ1) is 16.1. The van der Waals surface area contributed by atoms with Crippen molar-refractivity contribution in [2.24, 2.45) is 0 Å². The minimum atomic E-state index is -0.131. The minimum Gasteiger partial charge on any atom is -0.355 e. The number of nitrogens with zero attached hydrogens (tertiary/aromatic N) is 3. The number of halogens is 1. The Morgan fingerprint density at radius 1 is 0.848 bits per heavy atom. The number of fused-ring (bicyclic) bond motifs is 1. The zero-order valence-corrected chi connectivity index (χ0v) is 18.5. The molecular weight excluding hydrogens is 434 g/mol. The summed E-state index contributed by atoms with van der Waals surface area (Å²) in [4.78, 5) is 16.3. The van der Waals surface area contributed by atoms with Crippen LogP contribution in [0.4, 0.5) is 11.6 Å². The van der Waals surface area contributed by atoms with Gasteiger partial charge in [0.1, 0.15) is 0 Å². The fourth-order valence-corrected chi connectivity index (χ4v) is 3.92. The lowest BCUT2D eigenvalue weighted by Gasteiger charge is -2.09. The van der Waals surface area contributed by atoms with Crippen LogP contribution in [0.2, 0.25) is 5.02 Å². The van der Waals surface area contributed by atoms with Crippen molar-refractivity contribution in [3.63, 3.8) is 0 Å². The Morgan fingerprint density at radius 3 is 2.36 bits per heavy atom. The Balaban J connectivity index is 1.50. The summed E-state index contributed by atoms with van der Waals surface area (Å²) in [5, 5.41) is 11.1. The van der Waals surface area contributed by atoms with E-state index in [4.69, 9.17) is 11.6 Å². The Hall–Kier alpha value is -4.16. The van der Waals surface area contributed by atoms with Crippen molar-refractivity contribution in [2.45, 2.75) is 0 Å². The van der Waals surface area contributed by atoms with Crippen molar-refractivity contribution < 1.29 is 4.79 Å². The molecule has 0 aliphatic carbocycles. The SMILES string of the molecule is CNC(=O)c1ccc(Nc2nc3cccc(-c4cc(Cl)cc(-c5ccccc5)c4)n3n2)cc1. The van der Waals surface area contributed by atoms with Gasteiger partial charge < -0.3 is 10.6 Å². The number of rotatable bonds is 5. The summed E-state index contributed by atoms with van der Waals surface area (Å²) in [6.45, 7) is 0. The second-order valence-corrected chi connectivity index (χ2v) is 7.93. The van der Waals surface area contributed by atoms with Crippen molar-refractivity contribution in [3.8, 4) is 22.4 Å². The largest absolute Gasteiger partial charge is 0.355 e. The first-order valence-corrected chi connectivity index (χ1v) is 10.8. The average Bonchev–Trinajstić information content (AvgIpc) is 3.26. The molecular formula is C26H20ClN5O. The van der Waals surface area contributed by atoms with Gasteiger partial charge in [-0.1, -0.05) is 48.0 Å². The van der Waals surface area contributed by atoms with Gasteiger partial charge in [-0.05, 0) is 65.7 Å². The van der Waals surface area contributed by atoms with Gasteiger partial charge in [-0.15, -0.1) is 5.10 Å². The molecule has 3 aromatic carbocycles. The molecule has 2 aromatic heterocycles. The van der Waals surface area contributed by atoms with Crippen LogP contribution >= 0.6 is 11.6 Å². The molecule has 33 heavy (non-hydrogen) atoms. The maximum atomic E-state index is 11.7. The molecule has 2 N–H and O–H groups in total. The van der Waals surface area contributed by atoms with E-state index < -0.39 is 0 Å². The summed E-state index contributed by atoms with van der Waals surface area (Å²) in [5.41, 5.74) is 6.02. The third-order valence-corrected chi connectivity index (χ3v) is 5.51. The van der Waals surface area contributed by atoms with Gasteiger partial charge in [0.15, 0.2) is 5.65 Å². The number of hydrogen-bond donors (Lipinski definition) is 2. The highest BCUT2D eigenvalue weighted by molar-refractivity contribution is 6.31. The lowest BCUT2D eigenvalue weighted by Crippen LogP contribution is -2.17. The minimum absolute atomic E-state index is 0.131. The molecule has 0 spiro atoms. The van der Waals surface area contributed by atoms with Crippen LogP contribution in [0.5, 0.6) is 0 Å². The summed E-state index contributed by atoms with van der Waals surface area (Å²) < 4.78 is 1.79. The average molecular weight is 454 g/mol. The lowest BCUT2D eigenvalue weighted by atomic mass is 10.0. The van der Waals surface area contributed by atoms with Gasteiger partial charge in [-0.3, -0.25) is 4.79 Å². The van der Waals surface area contributed by atoms with Crippen LogP contribution in [0.3, 0.4) is 0 Å². The number of pyridine rings is 1. The van der Waals surface area contributed by atoms with Gasteiger partial charge in [-0.2, -0.15) is 4.98 Å². The fraction of sp³-hybridized carbons (Fsp3) is 0.0385. The Bertz CT molecular complexity index is 1450. The molecule has 2 heterocycles. The van der Waals surface area contributed by atoms with E-state index in [1.807, 2.05) is 60.7 Å². The summed E-state index contributed by atoms with van der Waals surface area (Å²) >= 11 is 6.47. The summed E-state index contributed by atoms with van der Waals surface area (Å²) in [6.07, 6.45) is 0. The molecule has 0 aliphatic rings. The van der Waals surface area contributed by atoms with Crippen molar-refractivity contribution in [1.82, 2.24) is 19.9 Å². The molecule has 5 rings (SSSR count). The normalized spacial score (nSPS) is 10.8. The highest BCUT2D eigenvalue weighted by Gasteiger charge is 2.12. The number of benzene rings is 3. The van der Waals surface area contributed by atoms with Crippen LogP contribution in [-0.4, -0.2) is 27.6 Å². The van der Waals surface area contributed by atoms with E-state index in [2.05, 4.69) is 38.9 Å². The van der Waals surface area contributed by atoms with Crippen molar-refractivity contribution in [3.05, 3.63) is 102 Å². The molecule has 0 atom stereocenters. The smallest absolute Gasteiger partial charge is 0.251 e. The van der Waals surface area contributed by atoms with Crippen LogP contribution in [0.15, 0.2) is 91.0 Å². The number of hydrogen-bond acceptors (Lipinski definition) is 4. The Morgan fingerprint density at radius 2 is 1.61 bits per heavy atom. The van der Waals surface area contributed by atoms with Crippen molar-refractivity contribution >= 4 is 34.8 Å². The van der Waals surface area contributed by atoms with Crippen molar-refractivity contribution in [1.29, 1.82) is 0 Å². The number of carbonyl (C=O) groups is 1. The maximum absolute atomic E-state index is 11.7. The first-order valence-electron chi connectivity index (χ1n) is 10.4. The maximum Gasteiger partial charge on any atom is 0.251 e. The molecule has 5 aromatic rings. The number of nitrogens with one attached hydrogen (secondary N) is 2. The van der Waals surface area contributed by atoms with E-state index in [1.54, 1.807) is 23.7 Å². The van der Waals surface area contributed by atoms with E-state index in [0.29, 0.717) is 22.2 Å². The van der Waals surface area contributed by atoms with Gasteiger partial charge in [0.2, 0.25) is 5.95 Å². The molecule has 162 valence electrons. The van der Waals surface area contributed by atoms with Gasteiger partial charge >= 0.3 is 0 Å². The van der Waals surface area contributed by atoms with Crippen LogP contribution in [0.1, 0.15) is 10.4 Å². The van der Waals surface area contributed by atoms with Crippen LogP contribution < -0.4 is 10.6 Å². The lowest BCUT2D eigenvalue weighted by molar-refractivity contribution is 0.0963. The van der Waals surface area contributed by atoms with Crippen LogP contribution in [-0.2, 0) is 0 Å². The third kappa shape index (κ3) is 4.29. The molecule has 7 heteroatoms. The number of carbonyl (C=O) groups excluding carboxylic acids is 1. The molecule has 0 unspecified atom stereocenters. The number of anilines is 2. The topological polar surface area (TPSA) is 71.3 Å². The standard InChI is InChI=1S/C26H20ClN5O/c1-28-25(33)18-10-12-22(13-11-18)29-26-30-24-9-5-8-23(32(24)31-26)20-14-19(15-21(27)16-20)17-6-3-2-4-7-17/h2-16H,1H3,(H,28,33)(H,29,31). The molecule has 0 saturated heterocycles. The molecule has 0 fully saturated rings. The van der Waals surface area contributed by atoms with Gasteiger partial charge in [0.05, 0.1) is 5.69 Å². The van der Waals surface area contributed by atoms with Crippen molar-refractivity contribution in [2.75, 3.05) is 12.4 Å². The van der Waals surface area contributed by atoms with E-state index in [-0.39, 0.29) is 5.91 Å².